The second kappa shape index (κ2) is 7.72. The zero-order valence-corrected chi connectivity index (χ0v) is 13.3. The molecule has 1 aromatic rings. The molecule has 0 amide bonds. The van der Waals surface area contributed by atoms with E-state index >= 15 is 0 Å². The number of hydrogen-bond donors (Lipinski definition) is 2. The maximum Gasteiger partial charge on any atom is 0.345 e. The van der Waals surface area contributed by atoms with Gasteiger partial charge in [-0.25, -0.2) is 17.9 Å². The summed E-state index contributed by atoms with van der Waals surface area (Å²) in [6.07, 6.45) is 0.719. The average molecular weight is 320 g/mol. The number of nitrogens with zero attached hydrogens (tertiary/aromatic N) is 1. The van der Waals surface area contributed by atoms with Crippen molar-refractivity contribution in [1.29, 1.82) is 0 Å². The highest BCUT2D eigenvalue weighted by Gasteiger charge is 2.17. The van der Waals surface area contributed by atoms with E-state index in [4.69, 9.17) is 5.11 Å². The van der Waals surface area contributed by atoms with Gasteiger partial charge in [-0.15, -0.1) is 11.3 Å². The van der Waals surface area contributed by atoms with Crippen molar-refractivity contribution in [2.24, 2.45) is 0 Å². The Morgan fingerprint density at radius 2 is 2.05 bits per heavy atom. The molecule has 114 valence electrons. The fourth-order valence-electron chi connectivity index (χ4n) is 1.70. The van der Waals surface area contributed by atoms with Crippen LogP contribution in [0.2, 0.25) is 0 Å². The van der Waals surface area contributed by atoms with Crippen LogP contribution in [0, 0.1) is 0 Å². The third-order valence-corrected chi connectivity index (χ3v) is 5.44. The summed E-state index contributed by atoms with van der Waals surface area (Å²) in [4.78, 5) is 13.0. The van der Waals surface area contributed by atoms with E-state index in [1.54, 1.807) is 0 Å². The van der Waals surface area contributed by atoms with Crippen LogP contribution in [-0.4, -0.2) is 50.6 Å². The fraction of sp³-hybridized carbons (Fsp3) is 0.583. The molecule has 6 nitrogen and oxygen atoms in total. The molecule has 0 radical (unpaired) electrons. The first-order valence-corrected chi connectivity index (χ1v) is 8.80. The van der Waals surface area contributed by atoms with Crippen molar-refractivity contribution in [2.45, 2.75) is 25.2 Å². The highest BCUT2D eigenvalue weighted by Crippen LogP contribution is 2.18. The lowest BCUT2D eigenvalue weighted by molar-refractivity contribution is 0.0702. The summed E-state index contributed by atoms with van der Waals surface area (Å²) in [6, 6.07) is 1.18. The van der Waals surface area contributed by atoms with Gasteiger partial charge in [0.15, 0.2) is 0 Å². The van der Waals surface area contributed by atoms with Gasteiger partial charge in [0.25, 0.3) is 0 Å². The summed E-state index contributed by atoms with van der Waals surface area (Å²) in [6.45, 7) is 7.18. The van der Waals surface area contributed by atoms with Crippen molar-refractivity contribution < 1.29 is 18.3 Å². The lowest BCUT2D eigenvalue weighted by atomic mass is 10.4. The van der Waals surface area contributed by atoms with E-state index in [0.29, 0.717) is 6.54 Å². The van der Waals surface area contributed by atoms with Crippen molar-refractivity contribution in [3.63, 3.8) is 0 Å². The summed E-state index contributed by atoms with van der Waals surface area (Å²) in [5, 5.41) is 10.1. The molecule has 8 heteroatoms. The minimum atomic E-state index is -3.61. The van der Waals surface area contributed by atoms with Gasteiger partial charge >= 0.3 is 5.97 Å². The minimum absolute atomic E-state index is 0.0164. The number of rotatable bonds is 9. The number of nitrogens with one attached hydrogen (secondary N) is 1. The molecular weight excluding hydrogens is 300 g/mol. The van der Waals surface area contributed by atoms with E-state index < -0.39 is 16.0 Å². The first-order chi connectivity index (χ1) is 9.40. The largest absolute Gasteiger partial charge is 0.477 e. The third-order valence-electron chi connectivity index (χ3n) is 2.93. The molecule has 1 aromatic heterocycles. The van der Waals surface area contributed by atoms with E-state index in [1.165, 1.54) is 11.4 Å². The van der Waals surface area contributed by atoms with Crippen molar-refractivity contribution in [3.05, 3.63) is 16.3 Å². The fourth-order valence-corrected chi connectivity index (χ4v) is 3.89. The molecule has 0 fully saturated rings. The Morgan fingerprint density at radius 1 is 1.40 bits per heavy atom. The van der Waals surface area contributed by atoms with Crippen LogP contribution < -0.4 is 4.72 Å². The summed E-state index contributed by atoms with van der Waals surface area (Å²) in [7, 11) is -3.61. The molecule has 0 atom stereocenters. The van der Waals surface area contributed by atoms with E-state index in [-0.39, 0.29) is 9.77 Å². The van der Waals surface area contributed by atoms with Crippen molar-refractivity contribution in [3.8, 4) is 0 Å². The molecule has 0 spiro atoms. The molecule has 0 bridgehead atoms. The Hall–Kier alpha value is -0.960. The molecule has 1 heterocycles. The summed E-state index contributed by atoms with van der Waals surface area (Å²) in [5.41, 5.74) is 0. The third kappa shape index (κ3) is 4.86. The first kappa shape index (κ1) is 17.1. The van der Waals surface area contributed by atoms with Crippen LogP contribution in [-0.2, 0) is 10.0 Å². The Labute approximate surface area is 123 Å². The second-order valence-electron chi connectivity index (χ2n) is 4.23. The Balaban J connectivity index is 2.51. The van der Waals surface area contributed by atoms with Crippen molar-refractivity contribution >= 4 is 27.3 Å². The van der Waals surface area contributed by atoms with Gasteiger partial charge in [-0.1, -0.05) is 13.8 Å². The first-order valence-electron chi connectivity index (χ1n) is 6.44. The smallest absolute Gasteiger partial charge is 0.345 e. The number of thiophene rings is 1. The zero-order chi connectivity index (χ0) is 15.2. The van der Waals surface area contributed by atoms with Gasteiger partial charge in [0.1, 0.15) is 4.88 Å². The van der Waals surface area contributed by atoms with Gasteiger partial charge in [-0.3, -0.25) is 0 Å². The summed E-state index contributed by atoms with van der Waals surface area (Å²) >= 11 is 0.909. The van der Waals surface area contributed by atoms with Gasteiger partial charge in [-0.05, 0) is 32.1 Å². The molecule has 0 saturated carbocycles. The molecule has 0 unspecified atom stereocenters. The zero-order valence-electron chi connectivity index (χ0n) is 11.6. The summed E-state index contributed by atoms with van der Waals surface area (Å²) in [5.74, 6) is -1.11. The Bertz CT molecular complexity index is 535. The van der Waals surface area contributed by atoms with Crippen LogP contribution in [0.25, 0.3) is 0 Å². The van der Waals surface area contributed by atoms with Gasteiger partial charge in [-0.2, -0.15) is 0 Å². The number of aromatic carboxylic acids is 1. The molecule has 20 heavy (non-hydrogen) atoms. The maximum atomic E-state index is 11.9. The van der Waals surface area contributed by atoms with Crippen LogP contribution in [0.15, 0.2) is 16.3 Å². The Morgan fingerprint density at radius 3 is 2.55 bits per heavy atom. The van der Waals surface area contributed by atoms with E-state index in [0.717, 1.165) is 37.4 Å². The lowest BCUT2D eigenvalue weighted by Gasteiger charge is -2.17. The topological polar surface area (TPSA) is 86.7 Å². The quantitative estimate of drug-likeness (QED) is 0.673. The molecule has 0 saturated heterocycles. The number of sulfonamides is 1. The number of carbonyl (C=O) groups is 1. The normalized spacial score (nSPS) is 11.9. The number of carboxylic acid groups (broad SMARTS) is 1. The number of hydrogen-bond acceptors (Lipinski definition) is 5. The van der Waals surface area contributed by atoms with Crippen LogP contribution in [0.5, 0.6) is 0 Å². The average Bonchev–Trinajstić information content (AvgIpc) is 2.89. The van der Waals surface area contributed by atoms with Gasteiger partial charge in [0.05, 0.1) is 4.90 Å². The van der Waals surface area contributed by atoms with Crippen LogP contribution in [0.4, 0.5) is 0 Å². The highest BCUT2D eigenvalue weighted by molar-refractivity contribution is 7.89. The van der Waals surface area contributed by atoms with E-state index in [9.17, 15) is 13.2 Å². The molecule has 0 aromatic carbocycles. The van der Waals surface area contributed by atoms with Gasteiger partial charge in [0.2, 0.25) is 10.0 Å². The minimum Gasteiger partial charge on any atom is -0.477 e. The second-order valence-corrected chi connectivity index (χ2v) is 6.91. The lowest BCUT2D eigenvalue weighted by Crippen LogP contribution is -2.29. The molecular formula is C12H20N2O4S2. The molecule has 2 N–H and O–H groups in total. The van der Waals surface area contributed by atoms with Gasteiger partial charge < -0.3 is 10.0 Å². The van der Waals surface area contributed by atoms with Gasteiger partial charge in [0, 0.05) is 11.9 Å². The molecule has 1 rings (SSSR count). The summed E-state index contributed by atoms with van der Waals surface area (Å²) < 4.78 is 26.4. The van der Waals surface area contributed by atoms with Crippen LogP contribution in [0.1, 0.15) is 29.9 Å². The standard InChI is InChI=1S/C12H20N2O4S2/c1-3-14(4-2)7-5-6-13-20(17,18)10-8-11(12(15)16)19-9-10/h8-9,13H,3-7H2,1-2H3,(H,15,16). The Kier molecular flexibility index (Phi) is 6.60. The molecule has 0 aliphatic carbocycles. The van der Waals surface area contributed by atoms with Crippen molar-refractivity contribution in [2.75, 3.05) is 26.2 Å². The monoisotopic (exact) mass is 320 g/mol. The predicted molar refractivity (Wildman–Crippen MR) is 78.9 cm³/mol. The molecule has 0 aliphatic rings. The number of carboxylic acids is 1. The van der Waals surface area contributed by atoms with Crippen LogP contribution >= 0.6 is 11.3 Å². The van der Waals surface area contributed by atoms with E-state index in [2.05, 4.69) is 23.5 Å². The van der Waals surface area contributed by atoms with E-state index in [1.807, 2.05) is 0 Å². The predicted octanol–water partition coefficient (Wildman–Crippen LogP) is 1.46. The maximum absolute atomic E-state index is 11.9. The SMILES string of the molecule is CCN(CC)CCCNS(=O)(=O)c1csc(C(=O)O)c1. The van der Waals surface area contributed by atoms with Crippen LogP contribution in [0.3, 0.4) is 0 Å². The highest BCUT2D eigenvalue weighted by atomic mass is 32.2. The van der Waals surface area contributed by atoms with Crippen molar-refractivity contribution in [1.82, 2.24) is 9.62 Å². The molecule has 0 aliphatic heterocycles.